The number of pyridine rings is 1. The van der Waals surface area contributed by atoms with Crippen molar-refractivity contribution in [2.75, 3.05) is 25.1 Å². The lowest BCUT2D eigenvalue weighted by molar-refractivity contribution is -0.118. The highest BCUT2D eigenvalue weighted by Gasteiger charge is 2.24. The van der Waals surface area contributed by atoms with Crippen LogP contribution in [0.25, 0.3) is 11.1 Å². The highest BCUT2D eigenvalue weighted by Crippen LogP contribution is 2.37. The molecule has 1 amide bonds. The van der Waals surface area contributed by atoms with Crippen molar-refractivity contribution in [3.05, 3.63) is 42.2 Å². The Kier molecular flexibility index (Phi) is 3.94. The molecular weight excluding hydrogens is 302 g/mol. The minimum absolute atomic E-state index is 0.159. The quantitative estimate of drug-likeness (QED) is 0.939. The number of aromatic nitrogens is 1. The summed E-state index contributed by atoms with van der Waals surface area (Å²) in [6.45, 7) is 1.74. The van der Waals surface area contributed by atoms with Crippen molar-refractivity contribution in [1.29, 1.82) is 0 Å². The van der Waals surface area contributed by atoms with E-state index in [9.17, 15) is 4.79 Å². The van der Waals surface area contributed by atoms with E-state index in [1.807, 2.05) is 31.4 Å². The number of nitrogens with zero attached hydrogens (tertiary/aromatic N) is 2. The van der Waals surface area contributed by atoms with Gasteiger partial charge in [-0.1, -0.05) is 18.2 Å². The Morgan fingerprint density at radius 1 is 1.33 bits per heavy atom. The van der Waals surface area contributed by atoms with Crippen LogP contribution in [0.1, 0.15) is 18.4 Å². The van der Waals surface area contributed by atoms with Crippen molar-refractivity contribution in [1.82, 2.24) is 10.3 Å². The summed E-state index contributed by atoms with van der Waals surface area (Å²) in [6.07, 6.45) is 6.10. The Morgan fingerprint density at radius 3 is 3.00 bits per heavy atom. The molecule has 0 spiro atoms. The van der Waals surface area contributed by atoms with Crippen molar-refractivity contribution in [2.45, 2.75) is 25.3 Å². The second-order valence-corrected chi connectivity index (χ2v) is 6.43. The highest BCUT2D eigenvalue weighted by molar-refractivity contribution is 6.00. The standard InChI is InChI=1S/C19H21N3O2/c1-22-18(23)6-5-13-3-2-4-17(19(13)22)14-9-16(11-20-10-14)24-12-15-7-8-21-15/h2-4,9-11,15,21H,5-8,12H2,1H3/t15-/m0/s1. The monoisotopic (exact) mass is 323 g/mol. The van der Waals surface area contributed by atoms with Crippen molar-refractivity contribution in [3.63, 3.8) is 0 Å². The Hall–Kier alpha value is -2.40. The van der Waals surface area contributed by atoms with Crippen LogP contribution < -0.4 is 15.0 Å². The first-order valence-electron chi connectivity index (χ1n) is 8.42. The SMILES string of the molecule is CN1C(=O)CCc2cccc(-c3cncc(OC[C@@H]4CCN4)c3)c21. The summed E-state index contributed by atoms with van der Waals surface area (Å²) in [7, 11) is 1.85. The zero-order valence-corrected chi connectivity index (χ0v) is 13.8. The van der Waals surface area contributed by atoms with Crippen LogP contribution in [0, 0.1) is 0 Å². The van der Waals surface area contributed by atoms with Gasteiger partial charge in [0.15, 0.2) is 0 Å². The molecule has 5 nitrogen and oxygen atoms in total. The van der Waals surface area contributed by atoms with Gasteiger partial charge in [-0.15, -0.1) is 0 Å². The summed E-state index contributed by atoms with van der Waals surface area (Å²) in [6, 6.07) is 8.64. The zero-order chi connectivity index (χ0) is 16.5. The summed E-state index contributed by atoms with van der Waals surface area (Å²) in [5.41, 5.74) is 4.21. The smallest absolute Gasteiger partial charge is 0.227 e. The summed E-state index contributed by atoms with van der Waals surface area (Å²) < 4.78 is 5.86. The Labute approximate surface area is 141 Å². The molecule has 0 bridgehead atoms. The van der Waals surface area contributed by atoms with Crippen LogP contribution in [-0.4, -0.2) is 37.1 Å². The Balaban J connectivity index is 1.65. The van der Waals surface area contributed by atoms with E-state index < -0.39 is 0 Å². The van der Waals surface area contributed by atoms with Gasteiger partial charge in [-0.05, 0) is 31.0 Å². The number of para-hydroxylation sites is 1. The first-order valence-corrected chi connectivity index (χ1v) is 8.42. The van der Waals surface area contributed by atoms with E-state index in [4.69, 9.17) is 4.74 Å². The summed E-state index contributed by atoms with van der Waals surface area (Å²) in [5, 5.41) is 3.32. The fourth-order valence-corrected chi connectivity index (χ4v) is 3.29. The molecule has 1 aromatic heterocycles. The van der Waals surface area contributed by atoms with Gasteiger partial charge in [-0.25, -0.2) is 0 Å². The van der Waals surface area contributed by atoms with E-state index in [0.29, 0.717) is 19.1 Å². The lowest BCUT2D eigenvalue weighted by Gasteiger charge is -2.28. The summed E-state index contributed by atoms with van der Waals surface area (Å²) in [5.74, 6) is 0.926. The van der Waals surface area contributed by atoms with E-state index in [0.717, 1.165) is 42.0 Å². The van der Waals surface area contributed by atoms with Crippen molar-refractivity contribution < 1.29 is 9.53 Å². The minimum Gasteiger partial charge on any atom is -0.490 e. The third kappa shape index (κ3) is 2.76. The molecule has 0 saturated carbocycles. The normalized spacial score (nSPS) is 19.6. The van der Waals surface area contributed by atoms with Gasteiger partial charge in [0.2, 0.25) is 5.91 Å². The lowest BCUT2D eigenvalue weighted by Crippen LogP contribution is -2.46. The molecule has 2 aliphatic heterocycles. The molecule has 0 unspecified atom stereocenters. The van der Waals surface area contributed by atoms with Gasteiger partial charge in [0.25, 0.3) is 0 Å². The summed E-state index contributed by atoms with van der Waals surface area (Å²) >= 11 is 0. The number of hydrogen-bond acceptors (Lipinski definition) is 4. The molecule has 2 aromatic rings. The molecule has 4 rings (SSSR count). The molecule has 0 radical (unpaired) electrons. The largest absolute Gasteiger partial charge is 0.490 e. The number of hydrogen-bond donors (Lipinski definition) is 1. The maximum atomic E-state index is 12.1. The van der Waals surface area contributed by atoms with Gasteiger partial charge in [0.05, 0.1) is 11.9 Å². The second-order valence-electron chi connectivity index (χ2n) is 6.43. The highest BCUT2D eigenvalue weighted by atomic mass is 16.5. The minimum atomic E-state index is 0.159. The number of fused-ring (bicyclic) bond motifs is 1. The number of carbonyl (C=O) groups is 1. The number of anilines is 1. The maximum absolute atomic E-state index is 12.1. The molecule has 1 N–H and O–H groups in total. The van der Waals surface area contributed by atoms with Crippen molar-refractivity contribution >= 4 is 11.6 Å². The van der Waals surface area contributed by atoms with Crippen LogP contribution in [-0.2, 0) is 11.2 Å². The molecule has 5 heteroatoms. The maximum Gasteiger partial charge on any atom is 0.227 e. The molecule has 124 valence electrons. The molecule has 24 heavy (non-hydrogen) atoms. The van der Waals surface area contributed by atoms with Crippen molar-refractivity contribution in [2.24, 2.45) is 0 Å². The van der Waals surface area contributed by atoms with Gasteiger partial charge in [0.1, 0.15) is 12.4 Å². The third-order valence-corrected chi connectivity index (χ3v) is 4.84. The lowest BCUT2D eigenvalue weighted by atomic mass is 9.94. The Bertz CT molecular complexity index is 771. The number of nitrogens with one attached hydrogen (secondary N) is 1. The van der Waals surface area contributed by atoms with E-state index in [-0.39, 0.29) is 5.91 Å². The van der Waals surface area contributed by atoms with E-state index in [1.165, 1.54) is 5.56 Å². The first kappa shape index (κ1) is 15.1. The second kappa shape index (κ2) is 6.24. The van der Waals surface area contributed by atoms with Crippen LogP contribution in [0.4, 0.5) is 5.69 Å². The average Bonchev–Trinajstić information content (AvgIpc) is 2.57. The number of amides is 1. The fraction of sp³-hybridized carbons (Fsp3) is 0.368. The number of ether oxygens (including phenoxy) is 1. The van der Waals surface area contributed by atoms with E-state index in [1.54, 1.807) is 11.1 Å². The van der Waals surface area contributed by atoms with E-state index in [2.05, 4.69) is 16.4 Å². The number of benzene rings is 1. The predicted molar refractivity (Wildman–Crippen MR) is 93.3 cm³/mol. The van der Waals surface area contributed by atoms with E-state index >= 15 is 0 Å². The van der Waals surface area contributed by atoms with Gasteiger partial charge in [-0.2, -0.15) is 0 Å². The van der Waals surface area contributed by atoms with Crippen LogP contribution in [0.5, 0.6) is 5.75 Å². The van der Waals surface area contributed by atoms with Crippen molar-refractivity contribution in [3.8, 4) is 16.9 Å². The Morgan fingerprint density at radius 2 is 2.21 bits per heavy atom. The molecule has 0 aliphatic carbocycles. The number of aryl methyl sites for hydroxylation is 1. The fourth-order valence-electron chi connectivity index (χ4n) is 3.29. The topological polar surface area (TPSA) is 54.5 Å². The van der Waals surface area contributed by atoms with Crippen LogP contribution in [0.3, 0.4) is 0 Å². The molecule has 1 fully saturated rings. The van der Waals surface area contributed by atoms with Crippen LogP contribution in [0.15, 0.2) is 36.7 Å². The average molecular weight is 323 g/mol. The van der Waals surface area contributed by atoms with Gasteiger partial charge >= 0.3 is 0 Å². The number of carbonyl (C=O) groups excluding carboxylic acids is 1. The predicted octanol–water partition coefficient (Wildman–Crippen LogP) is 2.40. The summed E-state index contributed by atoms with van der Waals surface area (Å²) in [4.78, 5) is 18.2. The van der Waals surface area contributed by atoms with Gasteiger partial charge in [0, 0.05) is 36.8 Å². The third-order valence-electron chi connectivity index (χ3n) is 4.84. The molecule has 1 aromatic carbocycles. The number of rotatable bonds is 4. The molecule has 1 atom stereocenters. The molecule has 1 saturated heterocycles. The molecular formula is C19H21N3O2. The zero-order valence-electron chi connectivity index (χ0n) is 13.8. The molecule has 2 aliphatic rings. The molecule has 3 heterocycles. The van der Waals surface area contributed by atoms with Crippen LogP contribution in [0.2, 0.25) is 0 Å². The van der Waals surface area contributed by atoms with Gasteiger partial charge in [-0.3, -0.25) is 9.78 Å². The van der Waals surface area contributed by atoms with Crippen LogP contribution >= 0.6 is 0 Å². The van der Waals surface area contributed by atoms with Gasteiger partial charge < -0.3 is 15.0 Å². The first-order chi connectivity index (χ1) is 11.7.